The van der Waals surface area contributed by atoms with E-state index in [0.29, 0.717) is 16.5 Å². The van der Waals surface area contributed by atoms with Crippen molar-refractivity contribution in [2.75, 3.05) is 0 Å². The SMILES string of the molecule is OCc1ncc(-c2cccnc2Cl)o1. The van der Waals surface area contributed by atoms with Crippen LogP contribution in [0.3, 0.4) is 0 Å². The van der Waals surface area contributed by atoms with Crippen LogP contribution in [-0.4, -0.2) is 15.1 Å². The molecule has 2 rings (SSSR count). The minimum absolute atomic E-state index is 0.224. The molecule has 4 nitrogen and oxygen atoms in total. The van der Waals surface area contributed by atoms with Crippen LogP contribution in [0.1, 0.15) is 5.89 Å². The van der Waals surface area contributed by atoms with Gasteiger partial charge in [-0.1, -0.05) is 11.6 Å². The normalized spacial score (nSPS) is 10.4. The highest BCUT2D eigenvalue weighted by Gasteiger charge is 2.09. The first-order valence-corrected chi connectivity index (χ1v) is 4.35. The predicted octanol–water partition coefficient (Wildman–Crippen LogP) is 1.88. The molecule has 0 aliphatic rings. The quantitative estimate of drug-likeness (QED) is 0.769. The van der Waals surface area contributed by atoms with Crippen LogP contribution in [0.4, 0.5) is 0 Å². The molecular weight excluding hydrogens is 204 g/mol. The minimum Gasteiger partial charge on any atom is -0.438 e. The number of nitrogens with zero attached hydrogens (tertiary/aromatic N) is 2. The highest BCUT2D eigenvalue weighted by molar-refractivity contribution is 6.31. The van der Waals surface area contributed by atoms with E-state index in [0.717, 1.165) is 0 Å². The standard InChI is InChI=1S/C9H7ClN2O2/c10-9-6(2-1-3-11-9)7-4-12-8(5-13)14-7/h1-4,13H,5H2. The van der Waals surface area contributed by atoms with Gasteiger partial charge in [-0.3, -0.25) is 0 Å². The Hall–Kier alpha value is -1.39. The second-order valence-corrected chi connectivity index (χ2v) is 2.98. The Labute approximate surface area is 85.2 Å². The fourth-order valence-corrected chi connectivity index (χ4v) is 1.29. The number of pyridine rings is 1. The van der Waals surface area contributed by atoms with Crippen molar-refractivity contribution in [3.8, 4) is 11.3 Å². The summed E-state index contributed by atoms with van der Waals surface area (Å²) in [5, 5.41) is 9.12. The average Bonchev–Trinajstić information content (AvgIpc) is 2.67. The summed E-state index contributed by atoms with van der Waals surface area (Å²) in [6, 6.07) is 3.53. The molecular formula is C9H7ClN2O2. The van der Waals surface area contributed by atoms with Gasteiger partial charge in [0, 0.05) is 6.20 Å². The van der Waals surface area contributed by atoms with Crippen LogP contribution in [0.2, 0.25) is 5.15 Å². The van der Waals surface area contributed by atoms with E-state index in [1.807, 2.05) is 0 Å². The lowest BCUT2D eigenvalue weighted by Crippen LogP contribution is -1.80. The Morgan fingerprint density at radius 2 is 2.29 bits per heavy atom. The van der Waals surface area contributed by atoms with Gasteiger partial charge in [-0.25, -0.2) is 9.97 Å². The van der Waals surface area contributed by atoms with E-state index < -0.39 is 0 Å². The minimum atomic E-state index is -0.224. The van der Waals surface area contributed by atoms with Crippen LogP contribution in [0.5, 0.6) is 0 Å². The van der Waals surface area contributed by atoms with E-state index in [1.165, 1.54) is 6.20 Å². The predicted molar refractivity (Wildman–Crippen MR) is 50.7 cm³/mol. The van der Waals surface area contributed by atoms with Crippen molar-refractivity contribution in [2.24, 2.45) is 0 Å². The number of rotatable bonds is 2. The summed E-state index contributed by atoms with van der Waals surface area (Å²) in [7, 11) is 0. The van der Waals surface area contributed by atoms with Gasteiger partial charge in [0.1, 0.15) is 11.8 Å². The van der Waals surface area contributed by atoms with Gasteiger partial charge in [0.15, 0.2) is 5.76 Å². The Kier molecular flexibility index (Phi) is 2.47. The van der Waals surface area contributed by atoms with Gasteiger partial charge in [0.25, 0.3) is 0 Å². The van der Waals surface area contributed by atoms with Crippen molar-refractivity contribution < 1.29 is 9.52 Å². The lowest BCUT2D eigenvalue weighted by Gasteiger charge is -1.96. The summed E-state index contributed by atoms with van der Waals surface area (Å²) >= 11 is 5.85. The fraction of sp³-hybridized carbons (Fsp3) is 0.111. The molecule has 0 aliphatic heterocycles. The molecule has 2 heterocycles. The van der Waals surface area contributed by atoms with Gasteiger partial charge < -0.3 is 9.52 Å². The van der Waals surface area contributed by atoms with Gasteiger partial charge in [0.05, 0.1) is 11.8 Å². The summed E-state index contributed by atoms with van der Waals surface area (Å²) in [5.41, 5.74) is 0.668. The van der Waals surface area contributed by atoms with Gasteiger partial charge in [-0.05, 0) is 12.1 Å². The lowest BCUT2D eigenvalue weighted by molar-refractivity contribution is 0.241. The number of hydrogen-bond donors (Lipinski definition) is 1. The highest BCUT2D eigenvalue weighted by atomic mass is 35.5. The highest BCUT2D eigenvalue weighted by Crippen LogP contribution is 2.25. The molecule has 0 fully saturated rings. The van der Waals surface area contributed by atoms with Crippen LogP contribution < -0.4 is 0 Å². The first kappa shape index (κ1) is 9.18. The smallest absolute Gasteiger partial charge is 0.220 e. The maximum atomic E-state index is 8.76. The van der Waals surface area contributed by atoms with Crippen LogP contribution in [-0.2, 0) is 6.61 Å². The summed E-state index contributed by atoms with van der Waals surface area (Å²) in [6.45, 7) is -0.224. The Bertz CT molecular complexity index is 442. The zero-order chi connectivity index (χ0) is 9.97. The molecule has 1 N–H and O–H groups in total. The van der Waals surface area contributed by atoms with E-state index >= 15 is 0 Å². The van der Waals surface area contributed by atoms with Gasteiger partial charge in [-0.2, -0.15) is 0 Å². The third kappa shape index (κ3) is 1.62. The summed E-state index contributed by atoms with van der Waals surface area (Å²) < 4.78 is 5.21. The average molecular weight is 211 g/mol. The Balaban J connectivity index is 2.44. The Morgan fingerprint density at radius 1 is 1.43 bits per heavy atom. The van der Waals surface area contributed by atoms with Crippen LogP contribution in [0, 0.1) is 0 Å². The van der Waals surface area contributed by atoms with E-state index in [4.69, 9.17) is 21.1 Å². The van der Waals surface area contributed by atoms with Crippen molar-refractivity contribution in [3.63, 3.8) is 0 Å². The van der Waals surface area contributed by atoms with Crippen molar-refractivity contribution in [3.05, 3.63) is 35.6 Å². The summed E-state index contributed by atoms with van der Waals surface area (Å²) in [4.78, 5) is 7.75. The Morgan fingerprint density at radius 3 is 2.93 bits per heavy atom. The van der Waals surface area contributed by atoms with E-state index in [9.17, 15) is 0 Å². The molecule has 0 bridgehead atoms. The molecule has 72 valence electrons. The van der Waals surface area contributed by atoms with Gasteiger partial charge in [-0.15, -0.1) is 0 Å². The zero-order valence-corrected chi connectivity index (χ0v) is 7.90. The maximum absolute atomic E-state index is 8.76. The molecule has 0 saturated heterocycles. The molecule has 0 aromatic carbocycles. The first-order chi connectivity index (χ1) is 6.81. The second kappa shape index (κ2) is 3.77. The maximum Gasteiger partial charge on any atom is 0.220 e. The zero-order valence-electron chi connectivity index (χ0n) is 7.14. The second-order valence-electron chi connectivity index (χ2n) is 2.62. The fourth-order valence-electron chi connectivity index (χ4n) is 1.08. The molecule has 14 heavy (non-hydrogen) atoms. The van der Waals surface area contributed by atoms with Gasteiger partial charge in [0.2, 0.25) is 5.89 Å². The van der Waals surface area contributed by atoms with Crippen LogP contribution in [0.15, 0.2) is 28.9 Å². The molecule has 2 aromatic rings. The number of oxazole rings is 1. The summed E-state index contributed by atoms with van der Waals surface area (Å²) in [5.74, 6) is 0.770. The third-order valence-corrected chi connectivity index (χ3v) is 2.01. The number of hydrogen-bond acceptors (Lipinski definition) is 4. The van der Waals surface area contributed by atoms with E-state index in [1.54, 1.807) is 18.3 Å². The molecule has 0 spiro atoms. The van der Waals surface area contributed by atoms with Crippen LogP contribution in [0.25, 0.3) is 11.3 Å². The van der Waals surface area contributed by atoms with Crippen molar-refractivity contribution >= 4 is 11.6 Å². The number of aliphatic hydroxyl groups is 1. The number of halogens is 1. The molecule has 5 heteroatoms. The lowest BCUT2D eigenvalue weighted by atomic mass is 10.2. The monoisotopic (exact) mass is 210 g/mol. The van der Waals surface area contributed by atoms with Gasteiger partial charge >= 0.3 is 0 Å². The number of aromatic nitrogens is 2. The van der Waals surface area contributed by atoms with Crippen molar-refractivity contribution in [2.45, 2.75) is 6.61 Å². The molecule has 0 saturated carbocycles. The largest absolute Gasteiger partial charge is 0.438 e. The van der Waals surface area contributed by atoms with E-state index in [-0.39, 0.29) is 12.5 Å². The first-order valence-electron chi connectivity index (χ1n) is 3.97. The molecule has 0 unspecified atom stereocenters. The number of aliphatic hydroxyl groups excluding tert-OH is 1. The molecule has 2 aromatic heterocycles. The molecule has 0 amide bonds. The molecule has 0 atom stereocenters. The van der Waals surface area contributed by atoms with E-state index in [2.05, 4.69) is 9.97 Å². The van der Waals surface area contributed by atoms with Crippen molar-refractivity contribution in [1.82, 2.24) is 9.97 Å². The summed E-state index contributed by atoms with van der Waals surface area (Å²) in [6.07, 6.45) is 3.10. The molecule has 0 radical (unpaired) electrons. The van der Waals surface area contributed by atoms with Crippen LogP contribution >= 0.6 is 11.6 Å². The third-order valence-electron chi connectivity index (χ3n) is 1.71. The van der Waals surface area contributed by atoms with Crippen molar-refractivity contribution in [1.29, 1.82) is 0 Å². The topological polar surface area (TPSA) is 59.2 Å². The molecule has 0 aliphatic carbocycles.